The first-order valence-electron chi connectivity index (χ1n) is 6.23. The second-order valence-corrected chi connectivity index (χ2v) is 6.47. The zero-order valence-electron chi connectivity index (χ0n) is 11.0. The fraction of sp³-hybridized carbons (Fsp3) is 0.545. The molecule has 1 atom stereocenters. The molecular weight excluding hydrogens is 284 g/mol. The molecule has 110 valence electrons. The maximum absolute atomic E-state index is 12.5. The van der Waals surface area contributed by atoms with Crippen LogP contribution < -0.4 is 5.32 Å². The topological polar surface area (TPSA) is 105 Å². The Balaban J connectivity index is 2.27. The third-order valence-electron chi connectivity index (χ3n) is 3.28. The van der Waals surface area contributed by atoms with Gasteiger partial charge in [0.2, 0.25) is 10.0 Å². The summed E-state index contributed by atoms with van der Waals surface area (Å²) in [7, 11) is -1.87. The molecule has 0 aromatic carbocycles. The van der Waals surface area contributed by atoms with E-state index in [2.05, 4.69) is 10.3 Å². The van der Waals surface area contributed by atoms with Gasteiger partial charge in [-0.25, -0.2) is 8.42 Å². The Labute approximate surface area is 117 Å². The number of nitrogens with one attached hydrogen (secondary N) is 1. The van der Waals surface area contributed by atoms with Crippen LogP contribution in [0.4, 0.5) is 5.82 Å². The van der Waals surface area contributed by atoms with Gasteiger partial charge in [-0.1, -0.05) is 0 Å². The van der Waals surface area contributed by atoms with Crippen molar-refractivity contribution in [2.24, 2.45) is 0 Å². The van der Waals surface area contributed by atoms with Gasteiger partial charge in [0, 0.05) is 25.2 Å². The summed E-state index contributed by atoms with van der Waals surface area (Å²) in [6, 6.07) is 2.26. The SMILES string of the molecule is CNCC1CCCN1S(=O)(=O)c1ccc([N+](=O)[O-])nc1. The predicted octanol–water partition coefficient (Wildman–Crippen LogP) is 0.362. The quantitative estimate of drug-likeness (QED) is 0.622. The summed E-state index contributed by atoms with van der Waals surface area (Å²) in [5, 5.41) is 13.5. The van der Waals surface area contributed by atoms with Gasteiger partial charge in [-0.2, -0.15) is 4.31 Å². The molecule has 1 aromatic heterocycles. The summed E-state index contributed by atoms with van der Waals surface area (Å²) in [5.74, 6) is -0.364. The monoisotopic (exact) mass is 300 g/mol. The molecule has 2 rings (SSSR count). The molecular formula is C11H16N4O4S. The molecule has 0 spiro atoms. The number of pyridine rings is 1. The van der Waals surface area contributed by atoms with Crippen LogP contribution in [0, 0.1) is 10.1 Å². The highest BCUT2D eigenvalue weighted by molar-refractivity contribution is 7.89. The third kappa shape index (κ3) is 2.79. The minimum Gasteiger partial charge on any atom is -0.358 e. The van der Waals surface area contributed by atoms with Crippen molar-refractivity contribution in [2.75, 3.05) is 20.1 Å². The minimum atomic E-state index is -3.64. The van der Waals surface area contributed by atoms with Crippen LogP contribution in [-0.2, 0) is 10.0 Å². The Morgan fingerprint density at radius 1 is 1.55 bits per heavy atom. The molecule has 1 aliphatic heterocycles. The molecule has 0 amide bonds. The fourth-order valence-corrected chi connectivity index (χ4v) is 3.97. The van der Waals surface area contributed by atoms with Crippen molar-refractivity contribution in [3.8, 4) is 0 Å². The van der Waals surface area contributed by atoms with E-state index in [4.69, 9.17) is 0 Å². The van der Waals surface area contributed by atoms with Crippen LogP contribution in [0.5, 0.6) is 0 Å². The van der Waals surface area contributed by atoms with Crippen LogP contribution in [-0.4, -0.2) is 48.8 Å². The molecule has 1 saturated heterocycles. The van der Waals surface area contributed by atoms with Gasteiger partial charge in [-0.3, -0.25) is 0 Å². The van der Waals surface area contributed by atoms with E-state index in [0.29, 0.717) is 13.1 Å². The van der Waals surface area contributed by atoms with Gasteiger partial charge in [0.05, 0.1) is 0 Å². The molecule has 1 aromatic rings. The zero-order chi connectivity index (χ0) is 14.8. The van der Waals surface area contributed by atoms with E-state index in [1.807, 2.05) is 0 Å². The van der Waals surface area contributed by atoms with Crippen LogP contribution in [0.1, 0.15) is 12.8 Å². The van der Waals surface area contributed by atoms with E-state index in [0.717, 1.165) is 25.1 Å². The molecule has 8 nitrogen and oxygen atoms in total. The molecule has 0 bridgehead atoms. The number of nitrogens with zero attached hydrogens (tertiary/aromatic N) is 3. The number of hydrogen-bond donors (Lipinski definition) is 1. The fourth-order valence-electron chi connectivity index (χ4n) is 2.33. The molecule has 0 saturated carbocycles. The Morgan fingerprint density at radius 3 is 2.85 bits per heavy atom. The maximum Gasteiger partial charge on any atom is 0.363 e. The van der Waals surface area contributed by atoms with Gasteiger partial charge < -0.3 is 15.4 Å². The van der Waals surface area contributed by atoms with E-state index < -0.39 is 14.9 Å². The van der Waals surface area contributed by atoms with Crippen molar-refractivity contribution in [1.29, 1.82) is 0 Å². The van der Waals surface area contributed by atoms with Crippen molar-refractivity contribution in [3.05, 3.63) is 28.4 Å². The standard InChI is InChI=1S/C11H16N4O4S/c1-12-7-9-3-2-6-14(9)20(18,19)10-4-5-11(13-8-10)15(16)17/h4-5,8-9,12H,2-3,6-7H2,1H3. The number of likely N-dealkylation sites (N-methyl/N-ethyl adjacent to an activating group) is 1. The zero-order valence-corrected chi connectivity index (χ0v) is 11.8. The summed E-state index contributed by atoms with van der Waals surface area (Å²) < 4.78 is 26.4. The maximum atomic E-state index is 12.5. The second kappa shape index (κ2) is 5.81. The number of rotatable bonds is 5. The molecule has 1 unspecified atom stereocenters. The largest absolute Gasteiger partial charge is 0.363 e. The lowest BCUT2D eigenvalue weighted by atomic mass is 10.2. The van der Waals surface area contributed by atoms with Crippen molar-refractivity contribution >= 4 is 15.8 Å². The Bertz CT molecular complexity index is 587. The Morgan fingerprint density at radius 2 is 2.30 bits per heavy atom. The molecule has 2 heterocycles. The summed E-state index contributed by atoms with van der Waals surface area (Å²) in [6.45, 7) is 1.05. The smallest absolute Gasteiger partial charge is 0.358 e. The number of hydrogen-bond acceptors (Lipinski definition) is 6. The van der Waals surface area contributed by atoms with E-state index in [9.17, 15) is 18.5 Å². The molecule has 1 fully saturated rings. The highest BCUT2D eigenvalue weighted by atomic mass is 32.2. The average Bonchev–Trinajstić information content (AvgIpc) is 2.88. The lowest BCUT2D eigenvalue weighted by Gasteiger charge is -2.23. The van der Waals surface area contributed by atoms with Gasteiger partial charge in [-0.15, -0.1) is 0 Å². The normalized spacial score (nSPS) is 20.1. The van der Waals surface area contributed by atoms with Gasteiger partial charge in [-0.05, 0) is 35.9 Å². The minimum absolute atomic E-state index is 0.00824. The van der Waals surface area contributed by atoms with Gasteiger partial charge in [0.15, 0.2) is 6.20 Å². The van der Waals surface area contributed by atoms with E-state index in [-0.39, 0.29) is 16.8 Å². The molecule has 0 aliphatic carbocycles. The molecule has 1 aliphatic rings. The summed E-state index contributed by atoms with van der Waals surface area (Å²) in [5.41, 5.74) is 0. The number of aromatic nitrogens is 1. The van der Waals surface area contributed by atoms with Gasteiger partial charge in [0.25, 0.3) is 0 Å². The summed E-state index contributed by atoms with van der Waals surface area (Å²) >= 11 is 0. The van der Waals surface area contributed by atoms with Crippen molar-refractivity contribution < 1.29 is 13.3 Å². The van der Waals surface area contributed by atoms with E-state index in [1.165, 1.54) is 10.4 Å². The number of nitro groups is 1. The lowest BCUT2D eigenvalue weighted by molar-refractivity contribution is -0.389. The van der Waals surface area contributed by atoms with Gasteiger partial charge in [0.1, 0.15) is 4.90 Å². The first-order valence-corrected chi connectivity index (χ1v) is 7.67. The van der Waals surface area contributed by atoms with Crippen molar-refractivity contribution in [2.45, 2.75) is 23.8 Å². The first-order chi connectivity index (χ1) is 9.46. The average molecular weight is 300 g/mol. The molecule has 9 heteroatoms. The van der Waals surface area contributed by atoms with Crippen LogP contribution in [0.3, 0.4) is 0 Å². The van der Waals surface area contributed by atoms with Crippen LogP contribution in [0.2, 0.25) is 0 Å². The van der Waals surface area contributed by atoms with E-state index >= 15 is 0 Å². The molecule has 0 radical (unpaired) electrons. The van der Waals surface area contributed by atoms with Crippen molar-refractivity contribution in [3.63, 3.8) is 0 Å². The van der Waals surface area contributed by atoms with Crippen LogP contribution in [0.15, 0.2) is 23.2 Å². The highest BCUT2D eigenvalue weighted by Crippen LogP contribution is 2.25. The molecule has 1 N–H and O–H groups in total. The Hall–Kier alpha value is -1.58. The summed E-state index contributed by atoms with van der Waals surface area (Å²) in [6.07, 6.45) is 2.66. The lowest BCUT2D eigenvalue weighted by Crippen LogP contribution is -2.40. The first kappa shape index (κ1) is 14.8. The third-order valence-corrected chi connectivity index (χ3v) is 5.21. The second-order valence-electron chi connectivity index (χ2n) is 4.58. The van der Waals surface area contributed by atoms with Crippen LogP contribution in [0.25, 0.3) is 0 Å². The number of sulfonamides is 1. The van der Waals surface area contributed by atoms with E-state index in [1.54, 1.807) is 7.05 Å². The van der Waals surface area contributed by atoms with Crippen LogP contribution >= 0.6 is 0 Å². The van der Waals surface area contributed by atoms with Gasteiger partial charge >= 0.3 is 5.82 Å². The predicted molar refractivity (Wildman–Crippen MR) is 71.7 cm³/mol. The summed E-state index contributed by atoms with van der Waals surface area (Å²) in [4.78, 5) is 13.4. The highest BCUT2D eigenvalue weighted by Gasteiger charge is 2.35. The Kier molecular flexibility index (Phi) is 4.31. The molecule has 20 heavy (non-hydrogen) atoms. The van der Waals surface area contributed by atoms with Crippen molar-refractivity contribution in [1.82, 2.24) is 14.6 Å².